The molecule has 134 valence electrons. The minimum atomic E-state index is -0.161. The van der Waals surface area contributed by atoms with Crippen LogP contribution in [0.25, 0.3) is 0 Å². The zero-order chi connectivity index (χ0) is 18.5. The molecule has 0 radical (unpaired) electrons. The molecule has 1 heterocycles. The van der Waals surface area contributed by atoms with Gasteiger partial charge in [-0.15, -0.1) is 0 Å². The van der Waals surface area contributed by atoms with Crippen LogP contribution in [0.4, 0.5) is 5.69 Å². The lowest BCUT2D eigenvalue weighted by atomic mass is 10.1. The molecule has 3 rings (SSSR count). The molecule has 0 aliphatic carbocycles. The Balaban J connectivity index is 1.61. The predicted molar refractivity (Wildman–Crippen MR) is 103 cm³/mol. The molecule has 0 bridgehead atoms. The first-order valence-corrected chi connectivity index (χ1v) is 8.75. The summed E-state index contributed by atoms with van der Waals surface area (Å²) in [4.78, 5) is 12.4. The van der Waals surface area contributed by atoms with E-state index in [1.54, 1.807) is 30.5 Å². The van der Waals surface area contributed by atoms with E-state index in [0.29, 0.717) is 22.9 Å². The number of carbonyl (C=O) groups excluding carboxylic acids is 1. The second-order valence-electron chi connectivity index (χ2n) is 5.86. The lowest BCUT2D eigenvalue weighted by Gasteiger charge is -2.08. The van der Waals surface area contributed by atoms with E-state index in [1.807, 2.05) is 42.8 Å². The Hall–Kier alpha value is -2.79. The van der Waals surface area contributed by atoms with Gasteiger partial charge in [-0.05, 0) is 49.7 Å². The van der Waals surface area contributed by atoms with E-state index in [0.717, 1.165) is 23.5 Å². The lowest BCUT2D eigenvalue weighted by molar-refractivity contribution is 0.102. The number of rotatable bonds is 6. The van der Waals surface area contributed by atoms with Gasteiger partial charge in [0.15, 0.2) is 0 Å². The normalized spacial score (nSPS) is 10.6. The van der Waals surface area contributed by atoms with E-state index in [1.165, 1.54) is 0 Å². The molecule has 3 aromatic rings. The van der Waals surface area contributed by atoms with Crippen molar-refractivity contribution in [1.29, 1.82) is 0 Å². The Labute approximate surface area is 157 Å². The second kappa shape index (κ2) is 8.06. The van der Waals surface area contributed by atoms with Gasteiger partial charge in [-0.1, -0.05) is 29.8 Å². The number of carbonyl (C=O) groups is 1. The van der Waals surface area contributed by atoms with Crippen LogP contribution < -0.4 is 10.1 Å². The van der Waals surface area contributed by atoms with E-state index in [4.69, 9.17) is 16.3 Å². The molecule has 1 aromatic heterocycles. The van der Waals surface area contributed by atoms with Crippen molar-refractivity contribution in [3.8, 4) is 5.75 Å². The number of aryl methyl sites for hydroxylation is 1. The highest BCUT2D eigenvalue weighted by atomic mass is 35.5. The number of benzene rings is 2. The Kier molecular flexibility index (Phi) is 5.58. The van der Waals surface area contributed by atoms with Crippen LogP contribution in [-0.4, -0.2) is 15.7 Å². The summed E-state index contributed by atoms with van der Waals surface area (Å²) in [5.41, 5.74) is 3.22. The highest BCUT2D eigenvalue weighted by Crippen LogP contribution is 2.19. The van der Waals surface area contributed by atoms with Crippen molar-refractivity contribution >= 4 is 23.2 Å². The summed E-state index contributed by atoms with van der Waals surface area (Å²) in [6, 6.07) is 14.6. The van der Waals surface area contributed by atoms with Gasteiger partial charge in [0.1, 0.15) is 12.4 Å². The molecule has 0 atom stereocenters. The van der Waals surface area contributed by atoms with Gasteiger partial charge in [0, 0.05) is 17.1 Å². The molecule has 0 saturated carbocycles. The Bertz CT molecular complexity index is 904. The van der Waals surface area contributed by atoms with Crippen molar-refractivity contribution in [3.63, 3.8) is 0 Å². The maximum Gasteiger partial charge on any atom is 0.255 e. The molecule has 26 heavy (non-hydrogen) atoms. The summed E-state index contributed by atoms with van der Waals surface area (Å²) in [6.45, 7) is 5.12. The van der Waals surface area contributed by atoms with Crippen molar-refractivity contribution in [2.24, 2.45) is 0 Å². The van der Waals surface area contributed by atoms with Gasteiger partial charge in [-0.2, -0.15) is 5.10 Å². The Morgan fingerprint density at radius 1 is 1.23 bits per heavy atom. The number of ether oxygens (including phenoxy) is 1. The van der Waals surface area contributed by atoms with Crippen LogP contribution in [0.1, 0.15) is 28.5 Å². The Morgan fingerprint density at radius 2 is 2.00 bits per heavy atom. The van der Waals surface area contributed by atoms with Crippen LogP contribution in [-0.2, 0) is 13.2 Å². The minimum Gasteiger partial charge on any atom is -0.489 e. The zero-order valence-electron chi connectivity index (χ0n) is 14.7. The van der Waals surface area contributed by atoms with Gasteiger partial charge >= 0.3 is 0 Å². The smallest absolute Gasteiger partial charge is 0.255 e. The van der Waals surface area contributed by atoms with Gasteiger partial charge < -0.3 is 10.1 Å². The Morgan fingerprint density at radius 3 is 2.65 bits per heavy atom. The molecule has 5 nitrogen and oxygen atoms in total. The van der Waals surface area contributed by atoms with Crippen molar-refractivity contribution < 1.29 is 9.53 Å². The first-order valence-electron chi connectivity index (χ1n) is 8.38. The maximum absolute atomic E-state index is 12.4. The summed E-state index contributed by atoms with van der Waals surface area (Å²) in [7, 11) is 0. The molecule has 6 heteroatoms. The number of nitrogens with zero attached hydrogens (tertiary/aromatic N) is 2. The number of aromatic nitrogens is 2. The number of halogens is 1. The van der Waals surface area contributed by atoms with E-state index in [-0.39, 0.29) is 5.91 Å². The minimum absolute atomic E-state index is 0.161. The third-order valence-corrected chi connectivity index (χ3v) is 4.30. The molecule has 0 unspecified atom stereocenters. The van der Waals surface area contributed by atoms with E-state index < -0.39 is 0 Å². The third-order valence-electron chi connectivity index (χ3n) is 4.07. The largest absolute Gasteiger partial charge is 0.489 e. The van der Waals surface area contributed by atoms with Crippen molar-refractivity contribution in [2.75, 3.05) is 5.32 Å². The van der Waals surface area contributed by atoms with Crippen molar-refractivity contribution in [3.05, 3.63) is 76.6 Å². The monoisotopic (exact) mass is 369 g/mol. The quantitative estimate of drug-likeness (QED) is 0.685. The molecular formula is C20H20ClN3O2. The van der Waals surface area contributed by atoms with E-state index in [9.17, 15) is 4.79 Å². The number of nitrogens with one attached hydrogen (secondary N) is 1. The fraction of sp³-hybridized carbons (Fsp3) is 0.200. The highest BCUT2D eigenvalue weighted by Gasteiger charge is 2.11. The average Bonchev–Trinajstić information content (AvgIpc) is 3.00. The van der Waals surface area contributed by atoms with Gasteiger partial charge in [-0.25, -0.2) is 0 Å². The van der Waals surface area contributed by atoms with Crippen LogP contribution in [0.5, 0.6) is 5.75 Å². The summed E-state index contributed by atoms with van der Waals surface area (Å²) >= 11 is 5.94. The summed E-state index contributed by atoms with van der Waals surface area (Å²) < 4.78 is 7.54. The summed E-state index contributed by atoms with van der Waals surface area (Å²) in [6.07, 6.45) is 1.67. The molecule has 2 aromatic carbocycles. The van der Waals surface area contributed by atoms with Gasteiger partial charge in [0.25, 0.3) is 5.91 Å². The van der Waals surface area contributed by atoms with E-state index >= 15 is 0 Å². The topological polar surface area (TPSA) is 56.2 Å². The number of amides is 1. The maximum atomic E-state index is 12.4. The summed E-state index contributed by atoms with van der Waals surface area (Å²) in [5.74, 6) is 0.550. The number of anilines is 1. The molecule has 0 aliphatic heterocycles. The standard InChI is InChI=1S/C20H20ClN3O2/c1-3-24-14(2)19(12-22-24)23-20(25)16-9-7-15(8-10-16)13-26-18-6-4-5-17(21)11-18/h4-12H,3,13H2,1-2H3,(H,23,25). The number of hydrogen-bond donors (Lipinski definition) is 1. The summed E-state index contributed by atoms with van der Waals surface area (Å²) in [5, 5.41) is 7.76. The fourth-order valence-electron chi connectivity index (χ4n) is 2.56. The lowest BCUT2D eigenvalue weighted by Crippen LogP contribution is -2.12. The molecule has 0 spiro atoms. The van der Waals surface area contributed by atoms with Gasteiger partial charge in [-0.3, -0.25) is 9.48 Å². The van der Waals surface area contributed by atoms with Crippen molar-refractivity contribution in [2.45, 2.75) is 27.0 Å². The molecule has 1 amide bonds. The highest BCUT2D eigenvalue weighted by molar-refractivity contribution is 6.30. The molecule has 0 fully saturated rings. The van der Waals surface area contributed by atoms with E-state index in [2.05, 4.69) is 10.4 Å². The molecular weight excluding hydrogens is 350 g/mol. The second-order valence-corrected chi connectivity index (χ2v) is 6.29. The van der Waals surface area contributed by atoms with Gasteiger partial charge in [0.2, 0.25) is 0 Å². The van der Waals surface area contributed by atoms with Crippen LogP contribution >= 0.6 is 11.6 Å². The average molecular weight is 370 g/mol. The molecule has 1 N–H and O–H groups in total. The third kappa shape index (κ3) is 4.24. The predicted octanol–water partition coefficient (Wildman–Crippen LogP) is 4.70. The molecule has 0 aliphatic rings. The SMILES string of the molecule is CCn1ncc(NC(=O)c2ccc(COc3cccc(Cl)c3)cc2)c1C. The first kappa shape index (κ1) is 18.0. The van der Waals surface area contributed by atoms with Crippen molar-refractivity contribution in [1.82, 2.24) is 9.78 Å². The fourth-order valence-corrected chi connectivity index (χ4v) is 2.74. The molecule has 0 saturated heterocycles. The van der Waals surface area contributed by atoms with Crippen LogP contribution in [0.2, 0.25) is 5.02 Å². The van der Waals surface area contributed by atoms with Crippen LogP contribution in [0.3, 0.4) is 0 Å². The zero-order valence-corrected chi connectivity index (χ0v) is 15.5. The van der Waals surface area contributed by atoms with Gasteiger partial charge in [0.05, 0.1) is 17.6 Å². The first-order chi connectivity index (χ1) is 12.6. The van der Waals surface area contributed by atoms with Crippen LogP contribution in [0, 0.1) is 6.92 Å². The number of hydrogen-bond acceptors (Lipinski definition) is 3. The van der Waals surface area contributed by atoms with Crippen LogP contribution in [0.15, 0.2) is 54.7 Å².